The second-order valence-electron chi connectivity index (χ2n) is 5.38. The Morgan fingerprint density at radius 2 is 1.67 bits per heavy atom. The minimum absolute atomic E-state index is 0.347. The molecule has 2 aromatic rings. The minimum atomic E-state index is -1.17. The van der Waals surface area contributed by atoms with E-state index in [2.05, 4.69) is 0 Å². The first-order chi connectivity index (χ1) is 10.1. The van der Waals surface area contributed by atoms with Gasteiger partial charge in [-0.05, 0) is 23.6 Å². The summed E-state index contributed by atoms with van der Waals surface area (Å²) in [6.45, 7) is 4.62. The maximum absolute atomic E-state index is 12.5. The maximum Gasteiger partial charge on any atom is 0.199 e. The van der Waals surface area contributed by atoms with Crippen molar-refractivity contribution in [3.05, 3.63) is 65.7 Å². The molecule has 0 fully saturated rings. The predicted octanol–water partition coefficient (Wildman–Crippen LogP) is 3.64. The number of ether oxygens (including phenoxy) is 1. The van der Waals surface area contributed by atoms with Crippen molar-refractivity contribution in [2.24, 2.45) is 5.92 Å². The standard InChI is InChI=1S/C18H20O3/c1-13(2)12-21-16-11-7-6-10-15(16)18(20)17(19)14-8-4-3-5-9-14/h3-11,13,17,19H,12H2,1-2H3. The first-order valence-electron chi connectivity index (χ1n) is 7.08. The molecule has 2 rings (SSSR count). The van der Waals surface area contributed by atoms with Gasteiger partial charge in [-0.2, -0.15) is 0 Å². The highest BCUT2D eigenvalue weighted by Gasteiger charge is 2.22. The molecule has 0 heterocycles. The van der Waals surface area contributed by atoms with Gasteiger partial charge in [0, 0.05) is 0 Å². The quantitative estimate of drug-likeness (QED) is 0.824. The summed E-state index contributed by atoms with van der Waals surface area (Å²) in [7, 11) is 0. The Hall–Kier alpha value is -2.13. The van der Waals surface area contributed by atoms with Gasteiger partial charge in [0.2, 0.25) is 0 Å². The highest BCUT2D eigenvalue weighted by molar-refractivity contribution is 6.02. The molecule has 0 aromatic heterocycles. The van der Waals surface area contributed by atoms with Crippen LogP contribution in [0, 0.1) is 5.92 Å². The lowest BCUT2D eigenvalue weighted by molar-refractivity contribution is 0.0742. The molecule has 0 radical (unpaired) electrons. The summed E-state index contributed by atoms with van der Waals surface area (Å²) >= 11 is 0. The summed E-state index contributed by atoms with van der Waals surface area (Å²) in [6, 6.07) is 16.0. The fourth-order valence-electron chi connectivity index (χ4n) is 1.99. The Morgan fingerprint density at radius 1 is 1.05 bits per heavy atom. The normalized spacial score (nSPS) is 12.2. The number of aliphatic hydroxyl groups excluding tert-OH is 1. The molecular weight excluding hydrogens is 264 g/mol. The molecule has 0 spiro atoms. The van der Waals surface area contributed by atoms with Gasteiger partial charge in [0.15, 0.2) is 5.78 Å². The fourth-order valence-corrected chi connectivity index (χ4v) is 1.99. The molecule has 1 N–H and O–H groups in total. The number of benzene rings is 2. The Balaban J connectivity index is 2.23. The number of ketones is 1. The Labute approximate surface area is 125 Å². The zero-order valence-corrected chi connectivity index (χ0v) is 12.3. The van der Waals surface area contributed by atoms with E-state index in [4.69, 9.17) is 4.74 Å². The largest absolute Gasteiger partial charge is 0.493 e. The van der Waals surface area contributed by atoms with Crippen molar-refractivity contribution in [2.75, 3.05) is 6.61 Å². The van der Waals surface area contributed by atoms with Crippen LogP contribution in [0.25, 0.3) is 0 Å². The number of aliphatic hydroxyl groups is 1. The monoisotopic (exact) mass is 284 g/mol. The van der Waals surface area contributed by atoms with Gasteiger partial charge in [0.05, 0.1) is 12.2 Å². The molecule has 0 amide bonds. The van der Waals surface area contributed by atoms with Crippen molar-refractivity contribution in [3.8, 4) is 5.75 Å². The van der Waals surface area contributed by atoms with Crippen molar-refractivity contribution in [2.45, 2.75) is 20.0 Å². The topological polar surface area (TPSA) is 46.5 Å². The summed E-state index contributed by atoms with van der Waals surface area (Å²) in [5.74, 6) is 0.541. The van der Waals surface area contributed by atoms with Crippen LogP contribution in [0.15, 0.2) is 54.6 Å². The van der Waals surface area contributed by atoms with Crippen LogP contribution in [-0.4, -0.2) is 17.5 Å². The smallest absolute Gasteiger partial charge is 0.199 e. The van der Waals surface area contributed by atoms with Crippen LogP contribution in [0.4, 0.5) is 0 Å². The number of rotatable bonds is 6. The maximum atomic E-state index is 12.5. The molecule has 0 aliphatic carbocycles. The molecule has 3 nitrogen and oxygen atoms in total. The third-order valence-corrected chi connectivity index (χ3v) is 3.09. The second kappa shape index (κ2) is 7.04. The SMILES string of the molecule is CC(C)COc1ccccc1C(=O)C(O)c1ccccc1. The highest BCUT2D eigenvalue weighted by Crippen LogP contribution is 2.25. The van der Waals surface area contributed by atoms with Gasteiger partial charge in [-0.1, -0.05) is 56.3 Å². The lowest BCUT2D eigenvalue weighted by Gasteiger charge is -2.15. The average molecular weight is 284 g/mol. The molecular formula is C18H20O3. The fraction of sp³-hybridized carbons (Fsp3) is 0.278. The van der Waals surface area contributed by atoms with Gasteiger partial charge in [-0.25, -0.2) is 0 Å². The van der Waals surface area contributed by atoms with E-state index >= 15 is 0 Å². The van der Waals surface area contributed by atoms with E-state index in [1.807, 2.05) is 26.0 Å². The molecule has 1 atom stereocenters. The van der Waals surface area contributed by atoms with E-state index in [1.54, 1.807) is 42.5 Å². The van der Waals surface area contributed by atoms with Gasteiger partial charge in [0.1, 0.15) is 11.9 Å². The molecule has 0 bridgehead atoms. The van der Waals surface area contributed by atoms with Crippen molar-refractivity contribution in [3.63, 3.8) is 0 Å². The van der Waals surface area contributed by atoms with E-state index in [1.165, 1.54) is 0 Å². The van der Waals surface area contributed by atoms with Crippen LogP contribution >= 0.6 is 0 Å². The third kappa shape index (κ3) is 3.92. The second-order valence-corrected chi connectivity index (χ2v) is 5.38. The first kappa shape index (κ1) is 15.3. The van der Waals surface area contributed by atoms with Crippen molar-refractivity contribution >= 4 is 5.78 Å². The van der Waals surface area contributed by atoms with Crippen molar-refractivity contribution in [1.29, 1.82) is 0 Å². The highest BCUT2D eigenvalue weighted by atomic mass is 16.5. The van der Waals surface area contributed by atoms with Crippen LogP contribution in [0.3, 0.4) is 0 Å². The molecule has 0 aliphatic heterocycles. The zero-order valence-electron chi connectivity index (χ0n) is 12.3. The number of carbonyl (C=O) groups excluding carboxylic acids is 1. The van der Waals surface area contributed by atoms with Crippen molar-refractivity contribution < 1.29 is 14.6 Å². The van der Waals surface area contributed by atoms with Gasteiger partial charge >= 0.3 is 0 Å². The summed E-state index contributed by atoms with van der Waals surface area (Å²) in [6.07, 6.45) is -1.17. The van der Waals surface area contributed by atoms with Crippen LogP contribution < -0.4 is 4.74 Å². The first-order valence-corrected chi connectivity index (χ1v) is 7.08. The van der Waals surface area contributed by atoms with Crippen LogP contribution in [-0.2, 0) is 0 Å². The Morgan fingerprint density at radius 3 is 2.33 bits per heavy atom. The van der Waals surface area contributed by atoms with E-state index in [9.17, 15) is 9.90 Å². The minimum Gasteiger partial charge on any atom is -0.493 e. The number of Topliss-reactive ketones (excluding diaryl/α,β-unsaturated/α-hetero) is 1. The molecule has 0 saturated carbocycles. The summed E-state index contributed by atoms with van der Waals surface area (Å²) in [4.78, 5) is 12.5. The van der Waals surface area contributed by atoms with Gasteiger partial charge in [-0.3, -0.25) is 4.79 Å². The number of hydrogen-bond acceptors (Lipinski definition) is 3. The molecule has 3 heteroatoms. The summed E-state index contributed by atoms with van der Waals surface area (Å²) in [5, 5.41) is 10.2. The Bertz CT molecular complexity index is 590. The molecule has 0 saturated heterocycles. The van der Waals surface area contributed by atoms with Crippen LogP contribution in [0.1, 0.15) is 35.9 Å². The van der Waals surface area contributed by atoms with Gasteiger partial charge in [0.25, 0.3) is 0 Å². The lowest BCUT2D eigenvalue weighted by atomic mass is 9.99. The zero-order chi connectivity index (χ0) is 15.2. The average Bonchev–Trinajstić information content (AvgIpc) is 2.52. The number of hydrogen-bond donors (Lipinski definition) is 1. The molecule has 110 valence electrons. The molecule has 21 heavy (non-hydrogen) atoms. The van der Waals surface area contributed by atoms with E-state index < -0.39 is 6.10 Å². The molecule has 2 aromatic carbocycles. The van der Waals surface area contributed by atoms with Gasteiger partial charge < -0.3 is 9.84 Å². The summed E-state index contributed by atoms with van der Waals surface area (Å²) < 4.78 is 5.67. The third-order valence-electron chi connectivity index (χ3n) is 3.09. The molecule has 1 unspecified atom stereocenters. The van der Waals surface area contributed by atoms with E-state index in [0.717, 1.165) is 0 Å². The lowest BCUT2D eigenvalue weighted by Crippen LogP contribution is -2.15. The number of carbonyl (C=O) groups is 1. The van der Waals surface area contributed by atoms with E-state index in [0.29, 0.717) is 29.4 Å². The van der Waals surface area contributed by atoms with E-state index in [-0.39, 0.29) is 5.78 Å². The summed E-state index contributed by atoms with van der Waals surface area (Å²) in [5.41, 5.74) is 0.996. The Kier molecular flexibility index (Phi) is 5.12. The van der Waals surface area contributed by atoms with Crippen molar-refractivity contribution in [1.82, 2.24) is 0 Å². The predicted molar refractivity (Wildman–Crippen MR) is 82.5 cm³/mol. The number of para-hydroxylation sites is 1. The van der Waals surface area contributed by atoms with Crippen LogP contribution in [0.2, 0.25) is 0 Å². The van der Waals surface area contributed by atoms with Crippen LogP contribution in [0.5, 0.6) is 5.75 Å². The molecule has 0 aliphatic rings. The van der Waals surface area contributed by atoms with Gasteiger partial charge in [-0.15, -0.1) is 0 Å².